The summed E-state index contributed by atoms with van der Waals surface area (Å²) in [6.45, 7) is 1.80. The lowest BCUT2D eigenvalue weighted by molar-refractivity contribution is 0.102. The van der Waals surface area contributed by atoms with E-state index in [1.54, 1.807) is 25.1 Å². The second-order valence-corrected chi connectivity index (χ2v) is 9.44. The highest BCUT2D eigenvalue weighted by Gasteiger charge is 2.20. The first-order valence-electron chi connectivity index (χ1n) is 9.16. The zero-order valence-electron chi connectivity index (χ0n) is 16.3. The Morgan fingerprint density at radius 2 is 1.81 bits per heavy atom. The van der Waals surface area contributed by atoms with Gasteiger partial charge in [-0.2, -0.15) is 5.26 Å². The van der Waals surface area contributed by atoms with E-state index in [9.17, 15) is 13.2 Å². The molecule has 0 saturated heterocycles. The van der Waals surface area contributed by atoms with Crippen LogP contribution in [0.4, 0.5) is 10.8 Å². The van der Waals surface area contributed by atoms with Crippen LogP contribution in [0.2, 0.25) is 0 Å². The molecule has 0 aliphatic carbocycles. The summed E-state index contributed by atoms with van der Waals surface area (Å²) in [6.07, 6.45) is 0. The third kappa shape index (κ3) is 4.40. The van der Waals surface area contributed by atoms with Crippen LogP contribution in [0.15, 0.2) is 71.6 Å². The first-order chi connectivity index (χ1) is 14.9. The number of nitrogens with one attached hydrogen (secondary N) is 2. The van der Waals surface area contributed by atoms with Gasteiger partial charge in [-0.1, -0.05) is 29.5 Å². The van der Waals surface area contributed by atoms with Crippen molar-refractivity contribution in [1.82, 2.24) is 4.98 Å². The van der Waals surface area contributed by atoms with Gasteiger partial charge in [-0.3, -0.25) is 14.8 Å². The number of carbonyl (C=O) groups excluding carboxylic acids is 1. The molecule has 0 aliphatic heterocycles. The number of aryl methyl sites for hydroxylation is 1. The summed E-state index contributed by atoms with van der Waals surface area (Å²) in [5.74, 6) is -0.475. The lowest BCUT2D eigenvalue weighted by Gasteiger charge is -2.13. The van der Waals surface area contributed by atoms with Crippen LogP contribution in [-0.4, -0.2) is 19.3 Å². The zero-order valence-corrected chi connectivity index (χ0v) is 17.9. The maximum absolute atomic E-state index is 12.9. The Morgan fingerprint density at radius 3 is 2.52 bits per heavy atom. The molecule has 1 aromatic heterocycles. The maximum atomic E-state index is 12.9. The molecule has 0 bridgehead atoms. The van der Waals surface area contributed by atoms with Crippen molar-refractivity contribution in [3.8, 4) is 6.07 Å². The normalized spacial score (nSPS) is 11.1. The van der Waals surface area contributed by atoms with Crippen LogP contribution in [-0.2, 0) is 10.0 Å². The van der Waals surface area contributed by atoms with E-state index in [0.29, 0.717) is 10.7 Å². The van der Waals surface area contributed by atoms with Gasteiger partial charge < -0.3 is 0 Å². The molecule has 0 saturated carbocycles. The molecule has 154 valence electrons. The number of hydrogen-bond acceptors (Lipinski definition) is 6. The third-order valence-electron chi connectivity index (χ3n) is 4.47. The minimum absolute atomic E-state index is 0.00876. The summed E-state index contributed by atoms with van der Waals surface area (Å²) in [5, 5.41) is 12.1. The number of aromatic nitrogens is 1. The Kier molecular flexibility index (Phi) is 5.42. The van der Waals surface area contributed by atoms with Gasteiger partial charge in [-0.25, -0.2) is 13.4 Å². The number of benzene rings is 3. The summed E-state index contributed by atoms with van der Waals surface area (Å²) < 4.78 is 29.1. The average molecular weight is 449 g/mol. The van der Waals surface area contributed by atoms with E-state index in [1.807, 2.05) is 30.3 Å². The molecular weight excluding hydrogens is 432 g/mol. The summed E-state index contributed by atoms with van der Waals surface area (Å²) >= 11 is 1.33. The Morgan fingerprint density at radius 1 is 1.06 bits per heavy atom. The van der Waals surface area contributed by atoms with Gasteiger partial charge in [0.15, 0.2) is 5.13 Å². The minimum Gasteiger partial charge on any atom is -0.298 e. The van der Waals surface area contributed by atoms with Crippen LogP contribution in [0.3, 0.4) is 0 Å². The summed E-state index contributed by atoms with van der Waals surface area (Å²) in [5.41, 5.74) is 2.23. The molecule has 0 unspecified atom stereocenters. The third-order valence-corrected chi connectivity index (χ3v) is 6.81. The molecule has 0 spiro atoms. The van der Waals surface area contributed by atoms with E-state index in [2.05, 4.69) is 15.0 Å². The number of thiazole rings is 1. The Hall–Kier alpha value is -3.74. The molecule has 1 amide bonds. The Labute approximate surface area is 183 Å². The van der Waals surface area contributed by atoms with Crippen LogP contribution in [0, 0.1) is 18.3 Å². The molecular formula is C22H16N4O3S2. The monoisotopic (exact) mass is 448 g/mol. The van der Waals surface area contributed by atoms with Gasteiger partial charge in [-0.15, -0.1) is 0 Å². The molecule has 7 nitrogen and oxygen atoms in total. The maximum Gasteiger partial charge on any atom is 0.261 e. The van der Waals surface area contributed by atoms with Gasteiger partial charge in [0.1, 0.15) is 0 Å². The first-order valence-corrected chi connectivity index (χ1v) is 11.5. The van der Waals surface area contributed by atoms with Crippen molar-refractivity contribution in [2.45, 2.75) is 11.8 Å². The molecule has 0 atom stereocenters. The van der Waals surface area contributed by atoms with Crippen LogP contribution in [0.1, 0.15) is 21.5 Å². The number of carbonyl (C=O) groups is 1. The number of fused-ring (bicyclic) bond motifs is 1. The van der Waals surface area contributed by atoms with E-state index in [4.69, 9.17) is 5.26 Å². The van der Waals surface area contributed by atoms with Gasteiger partial charge in [0.05, 0.1) is 38.0 Å². The number of para-hydroxylation sites is 1. The number of sulfonamides is 1. The van der Waals surface area contributed by atoms with E-state index >= 15 is 0 Å². The first kappa shape index (κ1) is 20.5. The number of anilines is 2. The second kappa shape index (κ2) is 8.18. The lowest BCUT2D eigenvalue weighted by atomic mass is 10.1. The molecule has 1 heterocycles. The number of nitriles is 1. The van der Waals surface area contributed by atoms with Crippen molar-refractivity contribution in [2.24, 2.45) is 0 Å². The lowest BCUT2D eigenvalue weighted by Crippen LogP contribution is -2.18. The van der Waals surface area contributed by atoms with E-state index in [-0.39, 0.29) is 16.1 Å². The molecule has 4 aromatic rings. The van der Waals surface area contributed by atoms with E-state index in [0.717, 1.165) is 15.8 Å². The smallest absolute Gasteiger partial charge is 0.261 e. The van der Waals surface area contributed by atoms with Gasteiger partial charge in [0, 0.05) is 0 Å². The number of amides is 1. The SMILES string of the molecule is Cc1ccc(C(=O)Nc2nc3ccccc3s2)c(NS(=O)(=O)c2ccc(C#N)cc2)c1. The van der Waals surface area contributed by atoms with Crippen LogP contribution in [0.5, 0.6) is 0 Å². The zero-order chi connectivity index (χ0) is 22.0. The fraction of sp³-hybridized carbons (Fsp3) is 0.0455. The summed E-state index contributed by atoms with van der Waals surface area (Å²) in [7, 11) is -3.96. The van der Waals surface area contributed by atoms with Gasteiger partial charge in [-0.05, 0) is 61.0 Å². The van der Waals surface area contributed by atoms with Crippen molar-refractivity contribution in [3.05, 3.63) is 83.4 Å². The molecule has 0 aliphatic rings. The van der Waals surface area contributed by atoms with E-state index in [1.165, 1.54) is 35.6 Å². The minimum atomic E-state index is -3.96. The molecule has 3 aromatic carbocycles. The predicted octanol–water partition coefficient (Wildman–Crippen LogP) is 4.53. The molecule has 0 fully saturated rings. The summed E-state index contributed by atoms with van der Waals surface area (Å²) in [4.78, 5) is 17.3. The highest BCUT2D eigenvalue weighted by atomic mass is 32.2. The summed E-state index contributed by atoms with van der Waals surface area (Å²) in [6, 6.07) is 19.9. The Balaban J connectivity index is 1.63. The van der Waals surface area contributed by atoms with E-state index < -0.39 is 15.9 Å². The fourth-order valence-electron chi connectivity index (χ4n) is 2.94. The van der Waals surface area contributed by atoms with Crippen molar-refractivity contribution in [1.29, 1.82) is 5.26 Å². The number of rotatable bonds is 5. The molecule has 2 N–H and O–H groups in total. The number of hydrogen-bond donors (Lipinski definition) is 2. The van der Waals surface area contributed by atoms with Crippen LogP contribution in [0.25, 0.3) is 10.2 Å². The second-order valence-electron chi connectivity index (χ2n) is 6.73. The van der Waals surface area contributed by atoms with Crippen molar-refractivity contribution >= 4 is 48.3 Å². The largest absolute Gasteiger partial charge is 0.298 e. The van der Waals surface area contributed by atoms with Crippen molar-refractivity contribution in [3.63, 3.8) is 0 Å². The molecule has 0 radical (unpaired) electrons. The Bertz CT molecular complexity index is 1400. The van der Waals surface area contributed by atoms with Crippen molar-refractivity contribution in [2.75, 3.05) is 10.0 Å². The highest BCUT2D eigenvalue weighted by molar-refractivity contribution is 7.92. The quantitative estimate of drug-likeness (QED) is 0.466. The predicted molar refractivity (Wildman–Crippen MR) is 121 cm³/mol. The molecule has 4 rings (SSSR count). The standard InChI is InChI=1S/C22H16N4O3S2/c1-14-6-11-17(21(27)25-22-24-18-4-2-3-5-20(18)30-22)19(12-14)26-31(28,29)16-9-7-15(13-23)8-10-16/h2-12,26H,1H3,(H,24,25,27). The van der Waals surface area contributed by atoms with Crippen LogP contribution < -0.4 is 10.0 Å². The topological polar surface area (TPSA) is 112 Å². The average Bonchev–Trinajstić information content (AvgIpc) is 3.15. The van der Waals surface area contributed by atoms with Gasteiger partial charge >= 0.3 is 0 Å². The number of nitrogens with zero attached hydrogens (tertiary/aromatic N) is 2. The van der Waals surface area contributed by atoms with Crippen molar-refractivity contribution < 1.29 is 13.2 Å². The highest BCUT2D eigenvalue weighted by Crippen LogP contribution is 2.27. The molecule has 9 heteroatoms. The van der Waals surface area contributed by atoms with Gasteiger partial charge in [0.2, 0.25) is 0 Å². The van der Waals surface area contributed by atoms with Gasteiger partial charge in [0.25, 0.3) is 15.9 Å². The molecule has 31 heavy (non-hydrogen) atoms. The fourth-order valence-corrected chi connectivity index (χ4v) is 4.87. The van der Waals surface area contributed by atoms with Crippen LogP contribution >= 0.6 is 11.3 Å².